The first-order valence-corrected chi connectivity index (χ1v) is 5.73. The minimum Gasteiger partial charge on any atom is -0.461 e. The molecule has 0 aromatic rings. The summed E-state index contributed by atoms with van der Waals surface area (Å²) in [6, 6.07) is 0. The highest BCUT2D eigenvalue weighted by Gasteiger charge is 2.25. The van der Waals surface area contributed by atoms with Crippen LogP contribution in [0.15, 0.2) is 11.6 Å². The van der Waals surface area contributed by atoms with E-state index in [0.717, 1.165) is 36.1 Å². The Morgan fingerprint density at radius 1 is 1.50 bits per heavy atom. The van der Waals surface area contributed by atoms with Crippen LogP contribution >= 0.6 is 0 Å². The van der Waals surface area contributed by atoms with E-state index in [0.29, 0.717) is 6.61 Å². The summed E-state index contributed by atoms with van der Waals surface area (Å²) in [4.78, 5) is 13.8. The average Bonchev–Trinajstić information content (AvgIpc) is 2.15. The Balaban J connectivity index is 2.39. The molecule has 0 aromatic heterocycles. The highest BCUT2D eigenvalue weighted by molar-refractivity contribution is 5.88. The maximum Gasteiger partial charge on any atom is 0.339 e. The fraction of sp³-hybridized carbons (Fsp3) is 0.750. The Morgan fingerprint density at radius 2 is 2.19 bits per heavy atom. The van der Waals surface area contributed by atoms with E-state index in [4.69, 9.17) is 4.74 Å². The lowest BCUT2D eigenvalue weighted by Gasteiger charge is -2.32. The third-order valence-corrected chi connectivity index (χ3v) is 2.76. The zero-order chi connectivity index (χ0) is 12.2. The molecule has 0 radical (unpaired) electrons. The summed E-state index contributed by atoms with van der Waals surface area (Å²) in [6.45, 7) is 3.11. The first-order chi connectivity index (χ1) is 7.41. The van der Waals surface area contributed by atoms with Crippen LogP contribution in [0.1, 0.15) is 6.42 Å². The highest BCUT2D eigenvalue weighted by atomic mass is 16.5. The molecule has 0 saturated heterocycles. The molecule has 1 aliphatic heterocycles. The topological polar surface area (TPSA) is 29.5 Å². The molecule has 0 unspecified atom stereocenters. The molecule has 0 amide bonds. The van der Waals surface area contributed by atoms with Gasteiger partial charge in [0.2, 0.25) is 0 Å². The molecule has 1 rings (SSSR count). The van der Waals surface area contributed by atoms with Gasteiger partial charge in [-0.1, -0.05) is 6.08 Å². The number of carbonyl (C=O) groups excluding carboxylic acids is 1. The molecule has 1 heterocycles. The first-order valence-electron chi connectivity index (χ1n) is 5.73. The normalized spacial score (nSPS) is 19.4. The van der Waals surface area contributed by atoms with E-state index in [2.05, 4.69) is 14.1 Å². The van der Waals surface area contributed by atoms with Crippen LogP contribution in [0.25, 0.3) is 0 Å². The van der Waals surface area contributed by atoms with Gasteiger partial charge in [-0.05, 0) is 14.1 Å². The standard InChI is InChI=1S/C12H23N2O2/c1-13(2)7-9-16-12(15)11-6-5-8-14(3,4)10-11/h6H,5,7-10H2,1-4H3/q+1. The largest absolute Gasteiger partial charge is 0.461 e. The summed E-state index contributed by atoms with van der Waals surface area (Å²) in [7, 11) is 8.21. The number of hydrogen-bond donors (Lipinski definition) is 0. The summed E-state index contributed by atoms with van der Waals surface area (Å²) in [5.41, 5.74) is 0.829. The lowest BCUT2D eigenvalue weighted by Crippen LogP contribution is -2.45. The number of rotatable bonds is 4. The molecule has 0 saturated carbocycles. The number of ether oxygens (including phenoxy) is 1. The summed E-state index contributed by atoms with van der Waals surface area (Å²) < 4.78 is 6.10. The molecule has 1 aliphatic rings. The fourth-order valence-corrected chi connectivity index (χ4v) is 1.75. The maximum atomic E-state index is 11.7. The molecule has 4 nitrogen and oxygen atoms in total. The number of carbonyl (C=O) groups is 1. The minimum absolute atomic E-state index is 0.146. The molecule has 16 heavy (non-hydrogen) atoms. The van der Waals surface area contributed by atoms with Crippen molar-refractivity contribution < 1.29 is 14.0 Å². The van der Waals surface area contributed by atoms with Crippen molar-refractivity contribution in [2.45, 2.75) is 6.42 Å². The Kier molecular flexibility index (Phi) is 4.50. The molecule has 0 fully saturated rings. The van der Waals surface area contributed by atoms with E-state index >= 15 is 0 Å². The van der Waals surface area contributed by atoms with Crippen LogP contribution in [-0.2, 0) is 9.53 Å². The smallest absolute Gasteiger partial charge is 0.339 e. The lowest BCUT2D eigenvalue weighted by atomic mass is 10.1. The summed E-state index contributed by atoms with van der Waals surface area (Å²) in [5.74, 6) is -0.146. The third kappa shape index (κ3) is 4.33. The van der Waals surface area contributed by atoms with Gasteiger partial charge in [-0.3, -0.25) is 0 Å². The average molecular weight is 227 g/mol. The van der Waals surface area contributed by atoms with Crippen LogP contribution in [0, 0.1) is 0 Å². The minimum atomic E-state index is -0.146. The van der Waals surface area contributed by atoms with Crippen LogP contribution in [0.2, 0.25) is 0 Å². The van der Waals surface area contributed by atoms with E-state index in [1.165, 1.54) is 0 Å². The molecule has 0 spiro atoms. The Labute approximate surface area is 98.1 Å². The second-order valence-corrected chi connectivity index (χ2v) is 5.27. The van der Waals surface area contributed by atoms with E-state index in [1.807, 2.05) is 25.1 Å². The quantitative estimate of drug-likeness (QED) is 0.517. The van der Waals surface area contributed by atoms with Crippen LogP contribution in [0.4, 0.5) is 0 Å². The second kappa shape index (κ2) is 5.46. The molecule has 0 aliphatic carbocycles. The van der Waals surface area contributed by atoms with Gasteiger partial charge >= 0.3 is 5.97 Å². The maximum absolute atomic E-state index is 11.7. The van der Waals surface area contributed by atoms with Gasteiger partial charge in [-0.2, -0.15) is 0 Å². The van der Waals surface area contributed by atoms with E-state index in [9.17, 15) is 4.79 Å². The monoisotopic (exact) mass is 227 g/mol. The van der Waals surface area contributed by atoms with Crippen LogP contribution in [-0.4, -0.2) is 69.8 Å². The van der Waals surface area contributed by atoms with Gasteiger partial charge in [0.05, 0.1) is 26.2 Å². The van der Waals surface area contributed by atoms with Gasteiger partial charge in [0, 0.05) is 13.0 Å². The summed E-state index contributed by atoms with van der Waals surface area (Å²) in [6.07, 6.45) is 2.98. The van der Waals surface area contributed by atoms with Gasteiger partial charge in [0.1, 0.15) is 13.2 Å². The molecular formula is C12H23N2O2+. The Morgan fingerprint density at radius 3 is 2.75 bits per heavy atom. The number of likely N-dealkylation sites (N-methyl/N-ethyl adjacent to an activating group) is 2. The van der Waals surface area contributed by atoms with Crippen molar-refractivity contribution in [2.75, 3.05) is 54.4 Å². The molecule has 92 valence electrons. The highest BCUT2D eigenvalue weighted by Crippen LogP contribution is 2.14. The predicted octanol–water partition coefficient (Wildman–Crippen LogP) is 0.498. The molecule has 4 heteroatoms. The van der Waals surface area contributed by atoms with Gasteiger partial charge < -0.3 is 14.1 Å². The number of esters is 1. The zero-order valence-corrected chi connectivity index (χ0v) is 10.8. The van der Waals surface area contributed by atoms with Crippen molar-refractivity contribution in [2.24, 2.45) is 0 Å². The summed E-state index contributed by atoms with van der Waals surface area (Å²) in [5, 5.41) is 0. The number of hydrogen-bond acceptors (Lipinski definition) is 3. The molecule has 0 N–H and O–H groups in total. The van der Waals surface area contributed by atoms with Crippen LogP contribution in [0.5, 0.6) is 0 Å². The fourth-order valence-electron chi connectivity index (χ4n) is 1.75. The van der Waals surface area contributed by atoms with Crippen molar-refractivity contribution in [3.05, 3.63) is 11.6 Å². The van der Waals surface area contributed by atoms with E-state index in [1.54, 1.807) is 0 Å². The van der Waals surface area contributed by atoms with Gasteiger partial charge in [-0.25, -0.2) is 4.79 Å². The Hall–Kier alpha value is -0.870. The Bertz CT molecular complexity index is 283. The first kappa shape index (κ1) is 13.2. The SMILES string of the molecule is CN(C)CCOC(=O)C1=CCC[N+](C)(C)C1. The van der Waals surface area contributed by atoms with Gasteiger partial charge in [0.15, 0.2) is 0 Å². The van der Waals surface area contributed by atoms with Crippen molar-refractivity contribution in [3.63, 3.8) is 0 Å². The van der Waals surface area contributed by atoms with Gasteiger partial charge in [0.25, 0.3) is 0 Å². The molecule has 0 bridgehead atoms. The van der Waals surface area contributed by atoms with Crippen molar-refractivity contribution >= 4 is 5.97 Å². The number of quaternary nitrogens is 1. The number of nitrogens with zero attached hydrogens (tertiary/aromatic N) is 2. The summed E-state index contributed by atoms with van der Waals surface area (Å²) >= 11 is 0. The lowest BCUT2D eigenvalue weighted by molar-refractivity contribution is -0.886. The third-order valence-electron chi connectivity index (χ3n) is 2.76. The molecule has 0 atom stereocenters. The molecular weight excluding hydrogens is 204 g/mol. The van der Waals surface area contributed by atoms with E-state index in [-0.39, 0.29) is 5.97 Å². The predicted molar refractivity (Wildman–Crippen MR) is 64.1 cm³/mol. The van der Waals surface area contributed by atoms with Crippen LogP contribution < -0.4 is 0 Å². The van der Waals surface area contributed by atoms with Crippen molar-refractivity contribution in [3.8, 4) is 0 Å². The zero-order valence-electron chi connectivity index (χ0n) is 10.8. The van der Waals surface area contributed by atoms with Crippen LogP contribution in [0.3, 0.4) is 0 Å². The van der Waals surface area contributed by atoms with Crippen molar-refractivity contribution in [1.29, 1.82) is 0 Å². The van der Waals surface area contributed by atoms with Gasteiger partial charge in [-0.15, -0.1) is 0 Å². The van der Waals surface area contributed by atoms with Crippen molar-refractivity contribution in [1.82, 2.24) is 4.90 Å². The second-order valence-electron chi connectivity index (χ2n) is 5.27. The van der Waals surface area contributed by atoms with E-state index < -0.39 is 0 Å². The molecule has 0 aromatic carbocycles.